The van der Waals surface area contributed by atoms with Crippen molar-refractivity contribution in [3.05, 3.63) is 48.3 Å². The lowest BCUT2D eigenvalue weighted by molar-refractivity contribution is 0.311. The summed E-state index contributed by atoms with van der Waals surface area (Å²) in [4.78, 5) is 14.6. The average molecular weight is 336 g/mol. The minimum Gasteiger partial charge on any atom is -0.395 e. The molecule has 0 aliphatic carbocycles. The summed E-state index contributed by atoms with van der Waals surface area (Å²) in [6, 6.07) is 12.3. The third kappa shape index (κ3) is 2.50. The molecule has 1 aromatic carbocycles. The van der Waals surface area contributed by atoms with Crippen LogP contribution in [-0.2, 0) is 0 Å². The third-order valence-corrected chi connectivity index (χ3v) is 4.98. The van der Waals surface area contributed by atoms with Gasteiger partial charge in [0.2, 0.25) is 0 Å². The quantitative estimate of drug-likeness (QED) is 0.595. The van der Waals surface area contributed by atoms with Crippen LogP contribution in [-0.4, -0.2) is 33.2 Å². The first kappa shape index (κ1) is 15.0. The van der Waals surface area contributed by atoms with Gasteiger partial charge < -0.3 is 10.4 Å². The SMILES string of the molecule is Cc1cc(-c2ccccc2)nc2sc3c(NCCO)ncnc3c12. The second kappa shape index (κ2) is 6.14. The number of hydrogen-bond acceptors (Lipinski definition) is 6. The Bertz CT molecular complexity index is 1010. The highest BCUT2D eigenvalue weighted by molar-refractivity contribution is 7.26. The molecule has 0 fully saturated rings. The Morgan fingerprint density at radius 3 is 2.79 bits per heavy atom. The smallest absolute Gasteiger partial charge is 0.147 e. The highest BCUT2D eigenvalue weighted by atomic mass is 32.1. The maximum Gasteiger partial charge on any atom is 0.147 e. The summed E-state index contributed by atoms with van der Waals surface area (Å²) in [7, 11) is 0. The van der Waals surface area contributed by atoms with Crippen molar-refractivity contribution < 1.29 is 5.11 Å². The molecule has 0 amide bonds. The molecule has 0 aliphatic heterocycles. The van der Waals surface area contributed by atoms with Crippen LogP contribution < -0.4 is 5.32 Å². The summed E-state index contributed by atoms with van der Waals surface area (Å²) >= 11 is 1.58. The van der Waals surface area contributed by atoms with Crippen LogP contribution in [0.3, 0.4) is 0 Å². The molecule has 0 radical (unpaired) electrons. The Labute approximate surface area is 143 Å². The molecule has 3 heterocycles. The Morgan fingerprint density at radius 2 is 2.00 bits per heavy atom. The molecule has 0 atom stereocenters. The van der Waals surface area contributed by atoms with Crippen molar-refractivity contribution in [2.24, 2.45) is 0 Å². The molecular weight excluding hydrogens is 320 g/mol. The van der Waals surface area contributed by atoms with Gasteiger partial charge in [-0.1, -0.05) is 30.3 Å². The molecule has 0 spiro atoms. The number of rotatable bonds is 4. The first-order valence-electron chi connectivity index (χ1n) is 7.73. The van der Waals surface area contributed by atoms with Gasteiger partial charge in [0.15, 0.2) is 0 Å². The second-order valence-electron chi connectivity index (χ2n) is 5.52. The monoisotopic (exact) mass is 336 g/mol. The molecule has 0 saturated heterocycles. The number of benzene rings is 1. The standard InChI is InChI=1S/C18H16N4OS/c1-11-9-13(12-5-3-2-4-6-12)22-18-14(11)15-16(24-18)17(19-7-8-23)21-10-20-15/h2-6,9-10,23H,7-8H2,1H3,(H,19,20,21). The summed E-state index contributed by atoms with van der Waals surface area (Å²) < 4.78 is 0.974. The van der Waals surface area contributed by atoms with Crippen molar-refractivity contribution in [3.63, 3.8) is 0 Å². The zero-order valence-corrected chi connectivity index (χ0v) is 14.0. The van der Waals surface area contributed by atoms with Gasteiger partial charge in [0.1, 0.15) is 17.0 Å². The maximum atomic E-state index is 9.03. The van der Waals surface area contributed by atoms with E-state index in [1.807, 2.05) is 18.2 Å². The number of aliphatic hydroxyl groups excluding tert-OH is 1. The lowest BCUT2D eigenvalue weighted by Crippen LogP contribution is -2.06. The first-order valence-corrected chi connectivity index (χ1v) is 8.54. The number of thiophene rings is 1. The van der Waals surface area contributed by atoms with Gasteiger partial charge in [-0.3, -0.25) is 0 Å². The normalized spacial score (nSPS) is 11.2. The number of nitrogens with zero attached hydrogens (tertiary/aromatic N) is 3. The molecule has 0 aliphatic rings. The van der Waals surface area contributed by atoms with E-state index in [1.54, 1.807) is 17.7 Å². The Morgan fingerprint density at radius 1 is 1.17 bits per heavy atom. The van der Waals surface area contributed by atoms with Crippen LogP contribution in [0.4, 0.5) is 5.82 Å². The number of aromatic nitrogens is 3. The van der Waals surface area contributed by atoms with Crippen molar-refractivity contribution in [2.45, 2.75) is 6.92 Å². The number of fused-ring (bicyclic) bond motifs is 3. The van der Waals surface area contributed by atoms with E-state index < -0.39 is 0 Å². The zero-order valence-electron chi connectivity index (χ0n) is 13.2. The topological polar surface area (TPSA) is 70.9 Å². The van der Waals surface area contributed by atoms with Crippen LogP contribution in [0.2, 0.25) is 0 Å². The van der Waals surface area contributed by atoms with Gasteiger partial charge >= 0.3 is 0 Å². The van der Waals surface area contributed by atoms with Gasteiger partial charge in [-0.15, -0.1) is 11.3 Å². The third-order valence-electron chi connectivity index (χ3n) is 3.90. The molecule has 0 saturated carbocycles. The van der Waals surface area contributed by atoms with Crippen molar-refractivity contribution in [1.29, 1.82) is 0 Å². The summed E-state index contributed by atoms with van der Waals surface area (Å²) in [6.45, 7) is 2.61. The number of aryl methyl sites for hydroxylation is 1. The van der Waals surface area contributed by atoms with Gasteiger partial charge in [-0.25, -0.2) is 15.0 Å². The maximum absolute atomic E-state index is 9.03. The molecule has 0 unspecified atom stereocenters. The van der Waals surface area contributed by atoms with E-state index in [0.29, 0.717) is 6.54 Å². The predicted molar refractivity (Wildman–Crippen MR) is 98.5 cm³/mol. The highest BCUT2D eigenvalue weighted by Crippen LogP contribution is 2.37. The summed E-state index contributed by atoms with van der Waals surface area (Å²) in [6.07, 6.45) is 1.55. The predicted octanol–water partition coefficient (Wildman–Crippen LogP) is 3.62. The van der Waals surface area contributed by atoms with Crippen LogP contribution in [0.1, 0.15) is 5.56 Å². The van der Waals surface area contributed by atoms with Gasteiger partial charge in [-0.05, 0) is 18.6 Å². The van der Waals surface area contributed by atoms with Crippen molar-refractivity contribution in [2.75, 3.05) is 18.5 Å². The van der Waals surface area contributed by atoms with E-state index in [-0.39, 0.29) is 6.61 Å². The fraction of sp³-hybridized carbons (Fsp3) is 0.167. The molecule has 24 heavy (non-hydrogen) atoms. The lowest BCUT2D eigenvalue weighted by atomic mass is 10.1. The van der Waals surface area contributed by atoms with E-state index in [2.05, 4.69) is 40.4 Å². The second-order valence-corrected chi connectivity index (χ2v) is 6.52. The number of pyridine rings is 1. The van der Waals surface area contributed by atoms with Crippen molar-refractivity contribution >= 4 is 37.6 Å². The molecule has 0 bridgehead atoms. The Balaban J connectivity index is 1.94. The fourth-order valence-electron chi connectivity index (χ4n) is 2.81. The minimum absolute atomic E-state index is 0.0613. The first-order chi connectivity index (χ1) is 11.8. The molecule has 3 aromatic heterocycles. The van der Waals surface area contributed by atoms with Crippen LogP contribution >= 0.6 is 11.3 Å². The van der Waals surface area contributed by atoms with Crippen LogP contribution in [0.25, 0.3) is 31.7 Å². The summed E-state index contributed by atoms with van der Waals surface area (Å²) in [5.41, 5.74) is 4.13. The van der Waals surface area contributed by atoms with Gasteiger partial charge in [0, 0.05) is 17.5 Å². The molecule has 4 rings (SSSR count). The largest absolute Gasteiger partial charge is 0.395 e. The Kier molecular flexibility index (Phi) is 3.84. The van der Waals surface area contributed by atoms with Crippen molar-refractivity contribution in [3.8, 4) is 11.3 Å². The molecule has 120 valence electrons. The molecule has 4 aromatic rings. The summed E-state index contributed by atoms with van der Waals surface area (Å²) in [5.74, 6) is 0.748. The number of hydrogen-bond donors (Lipinski definition) is 2. The average Bonchev–Trinajstić information content (AvgIpc) is 3.00. The van der Waals surface area contributed by atoms with E-state index in [0.717, 1.165) is 43.1 Å². The van der Waals surface area contributed by atoms with Crippen LogP contribution in [0, 0.1) is 6.92 Å². The molecule has 5 nitrogen and oxygen atoms in total. The van der Waals surface area contributed by atoms with E-state index in [1.165, 1.54) is 0 Å². The lowest BCUT2D eigenvalue weighted by Gasteiger charge is -2.04. The molecule has 6 heteroatoms. The van der Waals surface area contributed by atoms with Crippen LogP contribution in [0.5, 0.6) is 0 Å². The van der Waals surface area contributed by atoms with Gasteiger partial charge in [0.05, 0.1) is 22.5 Å². The van der Waals surface area contributed by atoms with Crippen molar-refractivity contribution in [1.82, 2.24) is 15.0 Å². The zero-order chi connectivity index (χ0) is 16.5. The highest BCUT2D eigenvalue weighted by Gasteiger charge is 2.15. The fourth-order valence-corrected chi connectivity index (χ4v) is 3.98. The van der Waals surface area contributed by atoms with E-state index in [4.69, 9.17) is 10.1 Å². The minimum atomic E-state index is 0.0613. The number of aliphatic hydroxyl groups is 1. The molecular formula is C18H16N4OS. The van der Waals surface area contributed by atoms with Crippen LogP contribution in [0.15, 0.2) is 42.7 Å². The van der Waals surface area contributed by atoms with Gasteiger partial charge in [-0.2, -0.15) is 0 Å². The number of nitrogens with one attached hydrogen (secondary N) is 1. The van der Waals surface area contributed by atoms with E-state index >= 15 is 0 Å². The van der Waals surface area contributed by atoms with E-state index in [9.17, 15) is 0 Å². The Hall–Kier alpha value is -2.57. The van der Waals surface area contributed by atoms with Gasteiger partial charge in [0.25, 0.3) is 0 Å². The number of anilines is 1. The molecule has 2 N–H and O–H groups in total. The summed E-state index contributed by atoms with van der Waals surface area (Å²) in [5, 5.41) is 13.3.